The summed E-state index contributed by atoms with van der Waals surface area (Å²) in [6.07, 6.45) is 0. The van der Waals surface area contributed by atoms with Crippen LogP contribution in [0.25, 0.3) is 11.0 Å². The SMILES string of the molecule is Cc1cccc(NC(=O)CNC(=O)c2ccccc2NS(=O)(=O)c2ccc3[nH]c(=O)[nH]c3c2)c1C. The van der Waals surface area contributed by atoms with Gasteiger partial charge in [-0.3, -0.25) is 14.3 Å². The Balaban J connectivity index is 1.47. The zero-order valence-electron chi connectivity index (χ0n) is 18.9. The van der Waals surface area contributed by atoms with Crippen LogP contribution in [0.2, 0.25) is 0 Å². The van der Waals surface area contributed by atoms with Gasteiger partial charge < -0.3 is 20.6 Å². The molecular formula is C24H23N5O5S. The Morgan fingerprint density at radius 3 is 2.40 bits per heavy atom. The maximum absolute atomic E-state index is 12.9. The Hall–Kier alpha value is -4.38. The zero-order valence-corrected chi connectivity index (χ0v) is 19.7. The molecule has 0 aliphatic carbocycles. The lowest BCUT2D eigenvalue weighted by Gasteiger charge is -2.14. The van der Waals surface area contributed by atoms with E-state index in [4.69, 9.17) is 0 Å². The number of nitrogens with one attached hydrogen (secondary N) is 5. The molecule has 0 atom stereocenters. The summed E-state index contributed by atoms with van der Waals surface area (Å²) in [6.45, 7) is 3.52. The minimum Gasteiger partial charge on any atom is -0.343 e. The zero-order chi connectivity index (χ0) is 25.2. The second-order valence-electron chi connectivity index (χ2n) is 7.92. The number of aryl methyl sites for hydroxylation is 1. The summed E-state index contributed by atoms with van der Waals surface area (Å²) in [5.41, 5.74) is 3.04. The molecule has 0 aliphatic rings. The highest BCUT2D eigenvalue weighted by atomic mass is 32.2. The quantitative estimate of drug-likeness (QED) is 0.268. The van der Waals surface area contributed by atoms with Gasteiger partial charge >= 0.3 is 5.69 Å². The number of anilines is 2. The van der Waals surface area contributed by atoms with E-state index in [1.165, 1.54) is 30.3 Å². The summed E-state index contributed by atoms with van der Waals surface area (Å²) in [5.74, 6) is -1.04. The van der Waals surface area contributed by atoms with Crippen molar-refractivity contribution in [1.82, 2.24) is 15.3 Å². The molecule has 0 aliphatic heterocycles. The largest absolute Gasteiger partial charge is 0.343 e. The number of carbonyl (C=O) groups excluding carboxylic acids is 2. The molecule has 2 amide bonds. The van der Waals surface area contributed by atoms with E-state index in [2.05, 4.69) is 25.3 Å². The Kier molecular flexibility index (Phi) is 6.43. The topological polar surface area (TPSA) is 153 Å². The molecule has 1 heterocycles. The maximum Gasteiger partial charge on any atom is 0.323 e. The fourth-order valence-electron chi connectivity index (χ4n) is 3.49. The van der Waals surface area contributed by atoms with E-state index in [1.54, 1.807) is 18.2 Å². The molecule has 0 saturated carbocycles. The minimum absolute atomic E-state index is 0.0441. The lowest BCUT2D eigenvalue weighted by Crippen LogP contribution is -2.33. The molecular weight excluding hydrogens is 470 g/mol. The molecule has 3 aromatic carbocycles. The number of aromatic amines is 2. The predicted octanol–water partition coefficient (Wildman–Crippen LogP) is 2.64. The van der Waals surface area contributed by atoms with Gasteiger partial charge in [0.15, 0.2) is 0 Å². The average molecular weight is 494 g/mol. The molecule has 0 fully saturated rings. The monoisotopic (exact) mass is 493 g/mol. The van der Waals surface area contributed by atoms with Crippen molar-refractivity contribution in [2.45, 2.75) is 18.7 Å². The van der Waals surface area contributed by atoms with E-state index < -0.39 is 27.5 Å². The molecule has 0 bridgehead atoms. The number of rotatable bonds is 7. The number of aromatic nitrogens is 2. The summed E-state index contributed by atoms with van der Waals surface area (Å²) < 4.78 is 28.3. The van der Waals surface area contributed by atoms with Crippen LogP contribution in [0.15, 0.2) is 70.4 Å². The number of benzene rings is 3. The summed E-state index contributed by atoms with van der Waals surface area (Å²) >= 11 is 0. The van der Waals surface area contributed by atoms with Gasteiger partial charge in [-0.05, 0) is 61.4 Å². The second-order valence-corrected chi connectivity index (χ2v) is 9.60. The molecule has 1 aromatic heterocycles. The second kappa shape index (κ2) is 9.47. The first-order valence-corrected chi connectivity index (χ1v) is 12.1. The van der Waals surface area contributed by atoms with Crippen molar-refractivity contribution in [3.63, 3.8) is 0 Å². The van der Waals surface area contributed by atoms with Crippen molar-refractivity contribution < 1.29 is 18.0 Å². The van der Waals surface area contributed by atoms with Gasteiger partial charge in [-0.2, -0.15) is 0 Å². The Morgan fingerprint density at radius 2 is 1.60 bits per heavy atom. The van der Waals surface area contributed by atoms with Crippen molar-refractivity contribution in [2.24, 2.45) is 0 Å². The first kappa shape index (κ1) is 23.8. The summed E-state index contributed by atoms with van der Waals surface area (Å²) in [5, 5.41) is 5.27. The smallest absolute Gasteiger partial charge is 0.323 e. The highest BCUT2D eigenvalue weighted by Crippen LogP contribution is 2.22. The predicted molar refractivity (Wildman–Crippen MR) is 133 cm³/mol. The van der Waals surface area contributed by atoms with E-state index in [-0.39, 0.29) is 22.7 Å². The first-order valence-electron chi connectivity index (χ1n) is 10.6. The van der Waals surface area contributed by atoms with Crippen molar-refractivity contribution >= 4 is 44.2 Å². The van der Waals surface area contributed by atoms with E-state index in [0.29, 0.717) is 16.7 Å². The summed E-state index contributed by atoms with van der Waals surface area (Å²) in [7, 11) is -4.08. The van der Waals surface area contributed by atoms with Gasteiger partial charge in [0, 0.05) is 5.69 Å². The van der Waals surface area contributed by atoms with E-state index in [1.807, 2.05) is 26.0 Å². The molecule has 10 nitrogen and oxygen atoms in total. The molecule has 0 radical (unpaired) electrons. The number of sulfonamides is 1. The molecule has 5 N–H and O–H groups in total. The minimum atomic E-state index is -4.08. The van der Waals surface area contributed by atoms with Crippen LogP contribution in [0.5, 0.6) is 0 Å². The summed E-state index contributed by atoms with van der Waals surface area (Å²) in [4.78, 5) is 41.5. The Labute approximate surface area is 200 Å². The van der Waals surface area contributed by atoms with Gasteiger partial charge in [-0.25, -0.2) is 13.2 Å². The Bertz CT molecular complexity index is 1600. The molecule has 4 aromatic rings. The summed E-state index contributed by atoms with van der Waals surface area (Å²) in [6, 6.07) is 15.7. The fourth-order valence-corrected chi connectivity index (χ4v) is 4.59. The number of para-hydroxylation sites is 1. The highest BCUT2D eigenvalue weighted by molar-refractivity contribution is 7.92. The van der Waals surface area contributed by atoms with Gasteiger partial charge in [0.2, 0.25) is 5.91 Å². The fraction of sp³-hybridized carbons (Fsp3) is 0.125. The number of imidazole rings is 1. The van der Waals surface area contributed by atoms with Crippen LogP contribution in [-0.4, -0.2) is 36.7 Å². The van der Waals surface area contributed by atoms with E-state index >= 15 is 0 Å². The number of H-pyrrole nitrogens is 2. The third kappa shape index (κ3) is 5.25. The van der Waals surface area contributed by atoms with Gasteiger partial charge in [-0.1, -0.05) is 24.3 Å². The van der Waals surface area contributed by atoms with E-state index in [9.17, 15) is 22.8 Å². The van der Waals surface area contributed by atoms with Crippen molar-refractivity contribution in [3.05, 3.63) is 87.8 Å². The molecule has 180 valence electrons. The van der Waals surface area contributed by atoms with Crippen LogP contribution in [0, 0.1) is 13.8 Å². The number of amides is 2. The molecule has 11 heteroatoms. The highest BCUT2D eigenvalue weighted by Gasteiger charge is 2.20. The van der Waals surface area contributed by atoms with Crippen LogP contribution >= 0.6 is 0 Å². The van der Waals surface area contributed by atoms with Crippen LogP contribution in [0.4, 0.5) is 11.4 Å². The molecule has 35 heavy (non-hydrogen) atoms. The molecule has 4 rings (SSSR count). The first-order chi connectivity index (χ1) is 16.6. The van der Waals surface area contributed by atoms with Gasteiger partial charge in [0.05, 0.1) is 33.7 Å². The van der Waals surface area contributed by atoms with E-state index in [0.717, 1.165) is 11.1 Å². The van der Waals surface area contributed by atoms with Gasteiger partial charge in [0.25, 0.3) is 15.9 Å². The number of hydrogen-bond donors (Lipinski definition) is 5. The van der Waals surface area contributed by atoms with Crippen molar-refractivity contribution in [1.29, 1.82) is 0 Å². The third-order valence-corrected chi connectivity index (χ3v) is 6.87. The lowest BCUT2D eigenvalue weighted by molar-refractivity contribution is -0.115. The van der Waals surface area contributed by atoms with Crippen LogP contribution in [0.1, 0.15) is 21.5 Å². The maximum atomic E-state index is 12.9. The average Bonchev–Trinajstić information content (AvgIpc) is 3.20. The number of carbonyl (C=O) groups is 2. The normalized spacial score (nSPS) is 11.3. The van der Waals surface area contributed by atoms with Gasteiger partial charge in [-0.15, -0.1) is 0 Å². The molecule has 0 unspecified atom stereocenters. The van der Waals surface area contributed by atoms with Crippen LogP contribution < -0.4 is 21.0 Å². The standard InChI is InChI=1S/C24H23N5O5S/c1-14-6-5-9-18(15(14)2)26-22(30)13-25-23(31)17-7-3-4-8-19(17)29-35(33,34)16-10-11-20-21(12-16)28-24(32)27-20/h3-12,29H,13H2,1-2H3,(H,25,31)(H,26,30)(H2,27,28,32). The van der Waals surface area contributed by atoms with Crippen molar-refractivity contribution in [2.75, 3.05) is 16.6 Å². The number of fused-ring (bicyclic) bond motifs is 1. The molecule has 0 spiro atoms. The third-order valence-electron chi connectivity index (χ3n) is 5.50. The van der Waals surface area contributed by atoms with Gasteiger partial charge in [0.1, 0.15) is 0 Å². The number of hydrogen-bond acceptors (Lipinski definition) is 5. The van der Waals surface area contributed by atoms with Crippen LogP contribution in [0.3, 0.4) is 0 Å². The Morgan fingerprint density at radius 1 is 0.886 bits per heavy atom. The van der Waals surface area contributed by atoms with Crippen molar-refractivity contribution in [3.8, 4) is 0 Å². The molecule has 0 saturated heterocycles. The van der Waals surface area contributed by atoms with Crippen LogP contribution in [-0.2, 0) is 14.8 Å². The lowest BCUT2D eigenvalue weighted by atomic mass is 10.1.